The molecule has 1 heterocycles. The number of carbonyl (C=O) groups is 1. The zero-order valence-corrected chi connectivity index (χ0v) is 19.5. The normalized spacial score (nSPS) is 11.0. The second kappa shape index (κ2) is 10.3. The number of halogens is 2. The molecule has 1 aromatic heterocycles. The van der Waals surface area contributed by atoms with Gasteiger partial charge in [0, 0.05) is 22.6 Å². The highest BCUT2D eigenvalue weighted by Crippen LogP contribution is 2.28. The van der Waals surface area contributed by atoms with Crippen molar-refractivity contribution >= 4 is 57.3 Å². The van der Waals surface area contributed by atoms with Crippen LogP contribution < -0.4 is 10.1 Å². The average molecular weight is 487 g/mol. The molecule has 0 aliphatic rings. The summed E-state index contributed by atoms with van der Waals surface area (Å²) in [5, 5.41) is 15.1. The van der Waals surface area contributed by atoms with Gasteiger partial charge < -0.3 is 14.6 Å². The number of anilines is 1. The van der Waals surface area contributed by atoms with Crippen molar-refractivity contribution < 1.29 is 9.53 Å². The van der Waals surface area contributed by atoms with Gasteiger partial charge in [0.05, 0.1) is 10.8 Å². The van der Waals surface area contributed by atoms with Crippen molar-refractivity contribution in [1.29, 1.82) is 0 Å². The van der Waals surface area contributed by atoms with E-state index in [9.17, 15) is 4.79 Å². The number of thioether (sulfide) groups is 1. The molecule has 0 atom stereocenters. The molecule has 0 saturated heterocycles. The Bertz CT molecular complexity index is 1260. The third kappa shape index (κ3) is 5.18. The van der Waals surface area contributed by atoms with Gasteiger partial charge >= 0.3 is 0 Å². The van der Waals surface area contributed by atoms with Crippen LogP contribution in [0.15, 0.2) is 65.8 Å². The number of ether oxygens (including phenoxy) is 1. The van der Waals surface area contributed by atoms with E-state index >= 15 is 0 Å². The van der Waals surface area contributed by atoms with Gasteiger partial charge in [-0.1, -0.05) is 71.4 Å². The van der Waals surface area contributed by atoms with Gasteiger partial charge in [-0.05, 0) is 36.6 Å². The number of nitrogens with zero attached hydrogens (tertiary/aromatic N) is 3. The summed E-state index contributed by atoms with van der Waals surface area (Å²) in [5.74, 6) is 1.27. The molecule has 6 nitrogen and oxygen atoms in total. The van der Waals surface area contributed by atoms with Crippen molar-refractivity contribution in [3.8, 4) is 5.75 Å². The van der Waals surface area contributed by atoms with E-state index in [0.29, 0.717) is 33.3 Å². The Labute approximate surface area is 199 Å². The van der Waals surface area contributed by atoms with Gasteiger partial charge in [-0.2, -0.15) is 0 Å². The lowest BCUT2D eigenvalue weighted by molar-refractivity contribution is -0.113. The molecule has 32 heavy (non-hydrogen) atoms. The first kappa shape index (κ1) is 22.5. The number of aromatic nitrogens is 3. The molecule has 3 aromatic carbocycles. The fourth-order valence-electron chi connectivity index (χ4n) is 3.24. The van der Waals surface area contributed by atoms with Crippen LogP contribution in [0.3, 0.4) is 0 Å². The Kier molecular flexibility index (Phi) is 7.19. The number of amides is 1. The number of fused-ring (bicyclic) bond motifs is 1. The van der Waals surface area contributed by atoms with Crippen molar-refractivity contribution in [3.63, 3.8) is 0 Å². The van der Waals surface area contributed by atoms with Crippen LogP contribution in [0.25, 0.3) is 10.8 Å². The van der Waals surface area contributed by atoms with Gasteiger partial charge in [0.1, 0.15) is 12.4 Å². The van der Waals surface area contributed by atoms with E-state index < -0.39 is 0 Å². The summed E-state index contributed by atoms with van der Waals surface area (Å²) in [5.41, 5.74) is 0.791. The summed E-state index contributed by atoms with van der Waals surface area (Å²) < 4.78 is 7.69. The molecule has 0 spiro atoms. The van der Waals surface area contributed by atoms with Gasteiger partial charge in [0.15, 0.2) is 11.0 Å². The molecule has 0 unspecified atom stereocenters. The largest absolute Gasteiger partial charge is 0.484 e. The summed E-state index contributed by atoms with van der Waals surface area (Å²) in [6.07, 6.45) is 0. The molecule has 4 aromatic rings. The summed E-state index contributed by atoms with van der Waals surface area (Å²) in [7, 11) is 0. The van der Waals surface area contributed by atoms with E-state index in [1.54, 1.807) is 18.2 Å². The number of hydrogen-bond donors (Lipinski definition) is 1. The first-order chi connectivity index (χ1) is 15.5. The molecule has 0 fully saturated rings. The number of rotatable bonds is 8. The highest BCUT2D eigenvalue weighted by atomic mass is 35.5. The minimum Gasteiger partial charge on any atom is -0.484 e. The van der Waals surface area contributed by atoms with E-state index in [4.69, 9.17) is 27.9 Å². The third-order valence-corrected chi connectivity index (χ3v) is 6.25. The summed E-state index contributed by atoms with van der Waals surface area (Å²) in [6, 6.07) is 18.8. The van der Waals surface area contributed by atoms with Crippen LogP contribution in [-0.2, 0) is 17.9 Å². The van der Waals surface area contributed by atoms with Gasteiger partial charge in [0.25, 0.3) is 0 Å². The Balaban J connectivity index is 1.39. The maximum atomic E-state index is 12.6. The fraction of sp³-hybridized carbons (Fsp3) is 0.174. The lowest BCUT2D eigenvalue weighted by Gasteiger charge is -2.10. The van der Waals surface area contributed by atoms with E-state index in [1.807, 2.05) is 54.0 Å². The minimum atomic E-state index is -0.109. The Hall–Kier alpha value is -2.74. The van der Waals surface area contributed by atoms with Crippen LogP contribution >= 0.6 is 35.0 Å². The predicted molar refractivity (Wildman–Crippen MR) is 130 cm³/mol. The van der Waals surface area contributed by atoms with Crippen molar-refractivity contribution in [3.05, 3.63) is 76.5 Å². The Morgan fingerprint density at radius 2 is 1.91 bits per heavy atom. The number of benzene rings is 3. The van der Waals surface area contributed by atoms with E-state index in [-0.39, 0.29) is 18.3 Å². The monoisotopic (exact) mass is 486 g/mol. The van der Waals surface area contributed by atoms with Crippen LogP contribution in [0.2, 0.25) is 10.0 Å². The second-order valence-electron chi connectivity index (χ2n) is 6.87. The van der Waals surface area contributed by atoms with E-state index in [0.717, 1.165) is 16.5 Å². The molecule has 0 aliphatic carbocycles. The highest BCUT2D eigenvalue weighted by molar-refractivity contribution is 7.99. The lowest BCUT2D eigenvalue weighted by Crippen LogP contribution is -2.15. The lowest BCUT2D eigenvalue weighted by atomic mass is 10.1. The molecule has 164 valence electrons. The van der Waals surface area contributed by atoms with Gasteiger partial charge in [-0.3, -0.25) is 4.79 Å². The fourth-order valence-corrected chi connectivity index (χ4v) is 4.52. The zero-order chi connectivity index (χ0) is 22.5. The Morgan fingerprint density at radius 1 is 1.09 bits per heavy atom. The number of carbonyl (C=O) groups excluding carboxylic acids is 1. The summed E-state index contributed by atoms with van der Waals surface area (Å²) >= 11 is 13.4. The third-order valence-electron chi connectivity index (χ3n) is 4.76. The maximum absolute atomic E-state index is 12.6. The maximum Gasteiger partial charge on any atom is 0.234 e. The molecular weight excluding hydrogens is 467 g/mol. The number of nitrogens with one attached hydrogen (secondary N) is 1. The van der Waals surface area contributed by atoms with Crippen LogP contribution in [-0.4, -0.2) is 26.4 Å². The average Bonchev–Trinajstić information content (AvgIpc) is 3.19. The molecule has 0 bridgehead atoms. The summed E-state index contributed by atoms with van der Waals surface area (Å²) in [4.78, 5) is 12.6. The van der Waals surface area contributed by atoms with Crippen LogP contribution in [0.1, 0.15) is 12.7 Å². The van der Waals surface area contributed by atoms with E-state index in [2.05, 4.69) is 15.5 Å². The van der Waals surface area contributed by atoms with Gasteiger partial charge in [-0.25, -0.2) is 0 Å². The van der Waals surface area contributed by atoms with Crippen LogP contribution in [0.5, 0.6) is 5.75 Å². The molecule has 1 amide bonds. The molecule has 0 aliphatic heterocycles. The predicted octanol–water partition coefficient (Wildman–Crippen LogP) is 6.07. The zero-order valence-electron chi connectivity index (χ0n) is 17.2. The second-order valence-corrected chi connectivity index (χ2v) is 8.66. The van der Waals surface area contributed by atoms with Crippen molar-refractivity contribution in [2.75, 3.05) is 11.1 Å². The number of hydrogen-bond acceptors (Lipinski definition) is 5. The van der Waals surface area contributed by atoms with Crippen LogP contribution in [0, 0.1) is 0 Å². The molecule has 4 rings (SSSR count). The standard InChI is InChI=1S/C23H20Cl2N4O2S/c1-2-29-21(13-31-20-11-10-16(24)12-18(20)25)27-28-23(29)32-14-22(30)26-19-9-5-7-15-6-3-4-8-17(15)19/h3-12H,2,13-14H2,1H3,(H,26,30). The van der Waals surface area contributed by atoms with Crippen molar-refractivity contribution in [2.45, 2.75) is 25.2 Å². The van der Waals surface area contributed by atoms with Crippen molar-refractivity contribution in [2.24, 2.45) is 0 Å². The summed E-state index contributed by atoms with van der Waals surface area (Å²) in [6.45, 7) is 2.83. The minimum absolute atomic E-state index is 0.109. The van der Waals surface area contributed by atoms with Crippen molar-refractivity contribution in [1.82, 2.24) is 14.8 Å². The highest BCUT2D eigenvalue weighted by Gasteiger charge is 2.15. The quantitative estimate of drug-likeness (QED) is 0.306. The van der Waals surface area contributed by atoms with Crippen LogP contribution in [0.4, 0.5) is 5.69 Å². The molecule has 9 heteroatoms. The Morgan fingerprint density at radius 3 is 2.72 bits per heavy atom. The molecule has 0 saturated carbocycles. The topological polar surface area (TPSA) is 69.0 Å². The molecule has 1 N–H and O–H groups in total. The first-order valence-electron chi connectivity index (χ1n) is 9.95. The van der Waals surface area contributed by atoms with E-state index in [1.165, 1.54) is 11.8 Å². The van der Waals surface area contributed by atoms with Gasteiger partial charge in [0.2, 0.25) is 5.91 Å². The van der Waals surface area contributed by atoms with Gasteiger partial charge in [-0.15, -0.1) is 10.2 Å². The smallest absolute Gasteiger partial charge is 0.234 e. The first-order valence-corrected chi connectivity index (χ1v) is 11.7. The molecular formula is C23H20Cl2N4O2S. The molecule has 0 radical (unpaired) electrons. The SMILES string of the molecule is CCn1c(COc2ccc(Cl)cc2Cl)nnc1SCC(=O)Nc1cccc2ccccc12.